The van der Waals surface area contributed by atoms with E-state index in [9.17, 15) is 9.90 Å². The Bertz CT molecular complexity index is 525. The highest BCUT2D eigenvalue weighted by atomic mass is 16.5. The molecule has 1 aliphatic heterocycles. The fraction of sp³-hybridized carbons (Fsp3) is 0.529. The first-order chi connectivity index (χ1) is 10.1. The summed E-state index contributed by atoms with van der Waals surface area (Å²) in [6.45, 7) is 4.66. The van der Waals surface area contributed by atoms with E-state index in [-0.39, 0.29) is 0 Å². The van der Waals surface area contributed by atoms with Gasteiger partial charge >= 0.3 is 5.97 Å². The Kier molecular flexibility index (Phi) is 5.51. The number of aliphatic hydroxyl groups is 1. The van der Waals surface area contributed by atoms with Crippen LogP contribution >= 0.6 is 0 Å². The van der Waals surface area contributed by atoms with Gasteiger partial charge in [-0.15, -0.1) is 0 Å². The molecule has 0 aromatic heterocycles. The number of aliphatic imine (C=N–C) groups is 1. The van der Waals surface area contributed by atoms with Crippen molar-refractivity contribution in [2.75, 3.05) is 6.54 Å². The SMILES string of the molecule is CCCCCCN=C(C)C1C(=O)Oc2ccccc2C1O. The quantitative estimate of drug-likeness (QED) is 0.378. The Hall–Kier alpha value is -1.68. The summed E-state index contributed by atoms with van der Waals surface area (Å²) in [5.74, 6) is -0.663. The Balaban J connectivity index is 2.05. The first-order valence-corrected chi connectivity index (χ1v) is 7.64. The highest BCUT2D eigenvalue weighted by molar-refractivity contribution is 6.03. The normalized spacial score (nSPS) is 21.9. The van der Waals surface area contributed by atoms with Crippen LogP contribution in [0.3, 0.4) is 0 Å². The third kappa shape index (κ3) is 3.70. The van der Waals surface area contributed by atoms with Crippen molar-refractivity contribution in [2.24, 2.45) is 10.9 Å². The molecular weight excluding hydrogens is 266 g/mol. The molecule has 1 aromatic carbocycles. The van der Waals surface area contributed by atoms with Crippen LogP contribution in [-0.2, 0) is 4.79 Å². The van der Waals surface area contributed by atoms with Crippen molar-refractivity contribution in [3.8, 4) is 5.75 Å². The average molecular weight is 289 g/mol. The molecule has 0 spiro atoms. The second kappa shape index (κ2) is 7.36. The molecule has 114 valence electrons. The van der Waals surface area contributed by atoms with Crippen molar-refractivity contribution in [1.82, 2.24) is 0 Å². The fourth-order valence-electron chi connectivity index (χ4n) is 2.59. The molecule has 0 saturated carbocycles. The summed E-state index contributed by atoms with van der Waals surface area (Å²) in [6, 6.07) is 7.10. The third-order valence-electron chi connectivity index (χ3n) is 3.84. The van der Waals surface area contributed by atoms with Crippen molar-refractivity contribution in [1.29, 1.82) is 0 Å². The summed E-state index contributed by atoms with van der Waals surface area (Å²) in [6.07, 6.45) is 3.68. The van der Waals surface area contributed by atoms with E-state index in [1.807, 2.05) is 6.07 Å². The number of esters is 1. The molecule has 0 fully saturated rings. The Morgan fingerprint density at radius 2 is 2.05 bits per heavy atom. The number of fused-ring (bicyclic) bond motifs is 1. The summed E-state index contributed by atoms with van der Waals surface area (Å²) in [7, 11) is 0. The number of hydrogen-bond donors (Lipinski definition) is 1. The maximum atomic E-state index is 12.1. The number of benzene rings is 1. The standard InChI is InChI=1S/C17H23NO3/c1-3-4-5-8-11-18-12(2)15-16(19)13-9-6-7-10-14(13)21-17(15)20/h6-7,9-10,15-16,19H,3-5,8,11H2,1-2H3. The largest absolute Gasteiger partial charge is 0.426 e. The van der Waals surface area contributed by atoms with Crippen molar-refractivity contribution in [3.05, 3.63) is 29.8 Å². The molecule has 0 amide bonds. The molecule has 1 heterocycles. The van der Waals surface area contributed by atoms with Gasteiger partial charge < -0.3 is 9.84 Å². The minimum atomic E-state index is -0.873. The second-order valence-electron chi connectivity index (χ2n) is 5.47. The van der Waals surface area contributed by atoms with Crippen molar-refractivity contribution in [3.63, 3.8) is 0 Å². The number of hydrogen-bond acceptors (Lipinski definition) is 4. The van der Waals surface area contributed by atoms with Crippen molar-refractivity contribution >= 4 is 11.7 Å². The van der Waals surface area contributed by atoms with E-state index in [1.54, 1.807) is 25.1 Å². The lowest BCUT2D eigenvalue weighted by Gasteiger charge is -2.28. The van der Waals surface area contributed by atoms with Gasteiger partial charge in [-0.05, 0) is 19.4 Å². The zero-order chi connectivity index (χ0) is 15.2. The van der Waals surface area contributed by atoms with E-state index < -0.39 is 18.0 Å². The van der Waals surface area contributed by atoms with Crippen molar-refractivity contribution < 1.29 is 14.6 Å². The van der Waals surface area contributed by atoms with Gasteiger partial charge in [0.15, 0.2) is 0 Å². The molecule has 0 radical (unpaired) electrons. The zero-order valence-electron chi connectivity index (χ0n) is 12.7. The number of carbonyl (C=O) groups excluding carboxylic acids is 1. The van der Waals surface area contributed by atoms with E-state index >= 15 is 0 Å². The molecule has 21 heavy (non-hydrogen) atoms. The van der Waals surface area contributed by atoms with Crippen LogP contribution in [0.4, 0.5) is 0 Å². The minimum absolute atomic E-state index is 0.420. The maximum absolute atomic E-state index is 12.1. The van der Waals surface area contributed by atoms with Gasteiger partial charge in [0.05, 0.1) is 0 Å². The van der Waals surface area contributed by atoms with E-state index in [0.717, 1.165) is 12.8 Å². The summed E-state index contributed by atoms with van der Waals surface area (Å²) >= 11 is 0. The van der Waals surface area contributed by atoms with Crippen LogP contribution in [0.25, 0.3) is 0 Å². The topological polar surface area (TPSA) is 58.9 Å². The van der Waals surface area contributed by atoms with E-state index in [2.05, 4.69) is 11.9 Å². The van der Waals surface area contributed by atoms with E-state index in [0.29, 0.717) is 23.6 Å². The Labute approximate surface area is 125 Å². The number of nitrogens with zero attached hydrogens (tertiary/aromatic N) is 1. The van der Waals surface area contributed by atoms with Crippen LogP contribution in [0, 0.1) is 5.92 Å². The molecular formula is C17H23NO3. The lowest BCUT2D eigenvalue weighted by molar-refractivity contribution is -0.141. The first kappa shape index (κ1) is 15.7. The molecule has 1 aliphatic rings. The number of para-hydroxylation sites is 1. The Morgan fingerprint density at radius 3 is 2.81 bits per heavy atom. The molecule has 1 N–H and O–H groups in total. The van der Waals surface area contributed by atoms with E-state index in [1.165, 1.54) is 12.8 Å². The first-order valence-electron chi connectivity index (χ1n) is 7.64. The third-order valence-corrected chi connectivity index (χ3v) is 3.84. The number of carbonyl (C=O) groups is 1. The predicted molar refractivity (Wildman–Crippen MR) is 82.6 cm³/mol. The molecule has 2 rings (SSSR count). The predicted octanol–water partition coefficient (Wildman–Crippen LogP) is 3.30. The highest BCUT2D eigenvalue weighted by Crippen LogP contribution is 2.36. The van der Waals surface area contributed by atoms with Gasteiger partial charge in [0.2, 0.25) is 0 Å². The average Bonchev–Trinajstić information content (AvgIpc) is 2.47. The van der Waals surface area contributed by atoms with Crippen LogP contribution in [0.15, 0.2) is 29.3 Å². The fourth-order valence-corrected chi connectivity index (χ4v) is 2.59. The molecule has 0 bridgehead atoms. The molecule has 0 aliphatic carbocycles. The summed E-state index contributed by atoms with van der Waals surface area (Å²) in [5.41, 5.74) is 1.31. The van der Waals surface area contributed by atoms with Gasteiger partial charge in [0, 0.05) is 17.8 Å². The molecule has 2 unspecified atom stereocenters. The van der Waals surface area contributed by atoms with Crippen molar-refractivity contribution in [2.45, 2.75) is 45.6 Å². The van der Waals surface area contributed by atoms with Crippen LogP contribution in [0.5, 0.6) is 5.75 Å². The van der Waals surface area contributed by atoms with Gasteiger partial charge in [-0.2, -0.15) is 0 Å². The van der Waals surface area contributed by atoms with Gasteiger partial charge in [0.1, 0.15) is 17.8 Å². The van der Waals surface area contributed by atoms with Crippen LogP contribution in [-0.4, -0.2) is 23.3 Å². The molecule has 4 nitrogen and oxygen atoms in total. The zero-order valence-corrected chi connectivity index (χ0v) is 12.7. The number of ether oxygens (including phenoxy) is 1. The maximum Gasteiger partial charge on any atom is 0.323 e. The molecule has 1 aromatic rings. The van der Waals surface area contributed by atoms with E-state index in [4.69, 9.17) is 4.74 Å². The van der Waals surface area contributed by atoms with Gasteiger partial charge in [0.25, 0.3) is 0 Å². The lowest BCUT2D eigenvalue weighted by atomic mass is 9.89. The molecule has 2 atom stereocenters. The summed E-state index contributed by atoms with van der Waals surface area (Å²) in [4.78, 5) is 16.5. The summed E-state index contributed by atoms with van der Waals surface area (Å²) < 4.78 is 5.30. The monoisotopic (exact) mass is 289 g/mol. The number of rotatable bonds is 6. The van der Waals surface area contributed by atoms with Gasteiger partial charge in [-0.1, -0.05) is 44.4 Å². The molecule has 4 heteroatoms. The lowest BCUT2D eigenvalue weighted by Crippen LogP contribution is -2.36. The number of aliphatic hydroxyl groups excluding tert-OH is 1. The highest BCUT2D eigenvalue weighted by Gasteiger charge is 2.38. The summed E-state index contributed by atoms with van der Waals surface area (Å²) in [5, 5.41) is 10.4. The molecule has 0 saturated heterocycles. The van der Waals surface area contributed by atoms with Crippen LogP contribution < -0.4 is 4.74 Å². The van der Waals surface area contributed by atoms with Crippen LogP contribution in [0.1, 0.15) is 51.2 Å². The number of unbranched alkanes of at least 4 members (excludes halogenated alkanes) is 3. The van der Waals surface area contributed by atoms with Gasteiger partial charge in [-0.3, -0.25) is 9.79 Å². The van der Waals surface area contributed by atoms with Crippen LogP contribution in [0.2, 0.25) is 0 Å². The van der Waals surface area contributed by atoms with Gasteiger partial charge in [-0.25, -0.2) is 0 Å². The smallest absolute Gasteiger partial charge is 0.323 e. The second-order valence-corrected chi connectivity index (χ2v) is 5.47. The Morgan fingerprint density at radius 1 is 1.29 bits per heavy atom. The minimum Gasteiger partial charge on any atom is -0.426 e.